The Balaban J connectivity index is 2.13. The summed E-state index contributed by atoms with van der Waals surface area (Å²) in [5.41, 5.74) is 3.27. The molecule has 0 bridgehead atoms. The average Bonchev–Trinajstić information content (AvgIpc) is 2.94. The van der Waals surface area contributed by atoms with Gasteiger partial charge in [0.15, 0.2) is 11.6 Å². The second-order valence-electron chi connectivity index (χ2n) is 4.57. The Morgan fingerprint density at radius 2 is 2.16 bits per heavy atom. The van der Waals surface area contributed by atoms with Gasteiger partial charge in [0.05, 0.1) is 7.11 Å². The Hall–Kier alpha value is -2.01. The summed E-state index contributed by atoms with van der Waals surface area (Å²) in [5, 5.41) is 1.70. The summed E-state index contributed by atoms with van der Waals surface area (Å²) in [4.78, 5) is 18.7. The van der Waals surface area contributed by atoms with E-state index in [4.69, 9.17) is 4.84 Å². The molecule has 0 saturated heterocycles. The largest absolute Gasteiger partial charge is 0.276 e. The molecule has 0 atom stereocenters. The van der Waals surface area contributed by atoms with Crippen molar-refractivity contribution in [2.45, 2.75) is 19.3 Å². The van der Waals surface area contributed by atoms with Crippen molar-refractivity contribution in [3.8, 4) is 11.4 Å². The van der Waals surface area contributed by atoms with Gasteiger partial charge in [-0.15, -0.1) is 0 Å². The Morgan fingerprint density at radius 1 is 1.26 bits per heavy atom. The highest BCUT2D eigenvalue weighted by molar-refractivity contribution is 5.59. The van der Waals surface area contributed by atoms with Crippen molar-refractivity contribution in [2.75, 3.05) is 19.2 Å². The topological polar surface area (TPSA) is 51.1 Å². The predicted octanol–water partition coefficient (Wildman–Crippen LogP) is 2.02. The fourth-order valence-electron chi connectivity index (χ4n) is 2.38. The smallest absolute Gasteiger partial charge is 0.163 e. The number of nitrogens with zero attached hydrogens (tertiary/aromatic N) is 4. The fraction of sp³-hybridized carbons (Fsp3) is 0.357. The van der Waals surface area contributed by atoms with Gasteiger partial charge in [0.25, 0.3) is 0 Å². The van der Waals surface area contributed by atoms with E-state index in [1.165, 1.54) is 5.56 Å². The average molecular weight is 256 g/mol. The van der Waals surface area contributed by atoms with Crippen molar-refractivity contribution in [3.63, 3.8) is 0 Å². The van der Waals surface area contributed by atoms with Crippen LogP contribution in [0.1, 0.15) is 17.7 Å². The molecule has 2 heterocycles. The van der Waals surface area contributed by atoms with Gasteiger partial charge in [0, 0.05) is 36.3 Å². The summed E-state index contributed by atoms with van der Waals surface area (Å²) in [6, 6.07) is 3.87. The Morgan fingerprint density at radius 3 is 2.89 bits per heavy atom. The first kappa shape index (κ1) is 12.0. The zero-order chi connectivity index (χ0) is 13.2. The molecule has 1 aliphatic rings. The van der Waals surface area contributed by atoms with Gasteiger partial charge in [-0.1, -0.05) is 0 Å². The van der Waals surface area contributed by atoms with Gasteiger partial charge < -0.3 is 0 Å². The Labute approximate surface area is 112 Å². The molecule has 5 heteroatoms. The third-order valence-corrected chi connectivity index (χ3v) is 3.40. The second kappa shape index (κ2) is 4.93. The fourth-order valence-corrected chi connectivity index (χ4v) is 2.38. The van der Waals surface area contributed by atoms with E-state index in [2.05, 4.69) is 15.0 Å². The normalized spacial score (nSPS) is 13.4. The molecule has 98 valence electrons. The lowest BCUT2D eigenvalue weighted by Gasteiger charge is -2.18. The van der Waals surface area contributed by atoms with E-state index >= 15 is 0 Å². The van der Waals surface area contributed by atoms with Crippen LogP contribution in [-0.4, -0.2) is 29.1 Å². The minimum absolute atomic E-state index is 0.715. The first-order chi connectivity index (χ1) is 9.29. The van der Waals surface area contributed by atoms with E-state index in [1.807, 2.05) is 19.2 Å². The summed E-state index contributed by atoms with van der Waals surface area (Å²) in [6.45, 7) is 0. The Bertz CT molecular complexity index is 585. The highest BCUT2D eigenvalue weighted by Crippen LogP contribution is 2.30. The van der Waals surface area contributed by atoms with E-state index in [9.17, 15) is 0 Å². The van der Waals surface area contributed by atoms with Crippen molar-refractivity contribution in [2.24, 2.45) is 0 Å². The molecule has 2 aromatic heterocycles. The van der Waals surface area contributed by atoms with E-state index in [0.29, 0.717) is 5.82 Å². The van der Waals surface area contributed by atoms with Crippen LogP contribution in [0.15, 0.2) is 24.5 Å². The van der Waals surface area contributed by atoms with Gasteiger partial charge in [0.1, 0.15) is 0 Å². The molecule has 5 nitrogen and oxygen atoms in total. The van der Waals surface area contributed by atoms with Crippen LogP contribution in [0, 0.1) is 0 Å². The summed E-state index contributed by atoms with van der Waals surface area (Å²) in [7, 11) is 3.52. The van der Waals surface area contributed by atoms with Gasteiger partial charge >= 0.3 is 0 Å². The van der Waals surface area contributed by atoms with Crippen LogP contribution in [0.5, 0.6) is 0 Å². The summed E-state index contributed by atoms with van der Waals surface area (Å²) in [6.07, 6.45) is 6.69. The monoisotopic (exact) mass is 256 g/mol. The number of rotatable bonds is 3. The molecule has 0 amide bonds. The standard InChI is InChI=1S/C14H16N4O/c1-18(19-2)14-11-6-3-7-12(11)16-13(17-14)10-5-4-8-15-9-10/h4-5,8-9H,3,6-7H2,1-2H3. The highest BCUT2D eigenvalue weighted by Gasteiger charge is 2.22. The molecule has 0 radical (unpaired) electrons. The third-order valence-electron chi connectivity index (χ3n) is 3.40. The van der Waals surface area contributed by atoms with Crippen molar-refractivity contribution in [1.29, 1.82) is 0 Å². The lowest BCUT2D eigenvalue weighted by atomic mass is 10.2. The van der Waals surface area contributed by atoms with E-state index in [0.717, 1.165) is 36.3 Å². The number of aryl methyl sites for hydroxylation is 1. The molecule has 0 aromatic carbocycles. The van der Waals surface area contributed by atoms with Crippen molar-refractivity contribution < 1.29 is 4.84 Å². The molecule has 0 saturated carbocycles. The van der Waals surface area contributed by atoms with E-state index in [-0.39, 0.29) is 0 Å². The number of hydrogen-bond donors (Lipinski definition) is 0. The third kappa shape index (κ3) is 2.17. The number of aromatic nitrogens is 3. The maximum absolute atomic E-state index is 5.28. The van der Waals surface area contributed by atoms with Crippen LogP contribution in [0.2, 0.25) is 0 Å². The molecule has 19 heavy (non-hydrogen) atoms. The number of hydrogen-bond acceptors (Lipinski definition) is 5. The number of pyridine rings is 1. The van der Waals surface area contributed by atoms with Crippen LogP contribution in [0.4, 0.5) is 5.82 Å². The molecule has 1 aliphatic carbocycles. The highest BCUT2D eigenvalue weighted by atomic mass is 16.7. The summed E-state index contributed by atoms with van der Waals surface area (Å²) in [5.74, 6) is 1.58. The molecule has 0 unspecified atom stereocenters. The molecule has 0 aliphatic heterocycles. The zero-order valence-electron chi connectivity index (χ0n) is 11.1. The number of fused-ring (bicyclic) bond motifs is 1. The van der Waals surface area contributed by atoms with E-state index < -0.39 is 0 Å². The van der Waals surface area contributed by atoms with Crippen molar-refractivity contribution in [1.82, 2.24) is 15.0 Å². The molecule has 3 rings (SSSR count). The summed E-state index contributed by atoms with van der Waals surface area (Å²) >= 11 is 0. The van der Waals surface area contributed by atoms with Crippen LogP contribution in [0.25, 0.3) is 11.4 Å². The first-order valence-electron chi connectivity index (χ1n) is 6.37. The van der Waals surface area contributed by atoms with Gasteiger partial charge in [0.2, 0.25) is 0 Å². The van der Waals surface area contributed by atoms with Crippen molar-refractivity contribution >= 4 is 5.82 Å². The molecule has 0 fully saturated rings. The molecular weight excluding hydrogens is 240 g/mol. The van der Waals surface area contributed by atoms with Crippen LogP contribution in [-0.2, 0) is 17.7 Å². The van der Waals surface area contributed by atoms with Gasteiger partial charge in [-0.05, 0) is 31.4 Å². The maximum Gasteiger partial charge on any atom is 0.163 e. The maximum atomic E-state index is 5.28. The van der Waals surface area contributed by atoms with Crippen LogP contribution >= 0.6 is 0 Å². The quantitative estimate of drug-likeness (QED) is 0.786. The molecule has 0 spiro atoms. The van der Waals surface area contributed by atoms with E-state index in [1.54, 1.807) is 24.6 Å². The SMILES string of the molecule is CON(C)c1nc(-c2cccnc2)nc2c1CCC2. The minimum atomic E-state index is 0.715. The van der Waals surface area contributed by atoms with Gasteiger partial charge in [-0.25, -0.2) is 15.0 Å². The predicted molar refractivity (Wildman–Crippen MR) is 72.7 cm³/mol. The zero-order valence-corrected chi connectivity index (χ0v) is 11.1. The van der Waals surface area contributed by atoms with Crippen molar-refractivity contribution in [3.05, 3.63) is 35.8 Å². The number of hydroxylamine groups is 1. The number of anilines is 1. The minimum Gasteiger partial charge on any atom is -0.276 e. The lowest BCUT2D eigenvalue weighted by molar-refractivity contribution is 0.182. The lowest BCUT2D eigenvalue weighted by Crippen LogP contribution is -2.19. The Kier molecular flexibility index (Phi) is 3.13. The second-order valence-corrected chi connectivity index (χ2v) is 4.57. The molecular formula is C14H16N4O. The van der Waals surface area contributed by atoms with Crippen LogP contribution in [0.3, 0.4) is 0 Å². The molecule has 0 N–H and O–H groups in total. The summed E-state index contributed by atoms with van der Waals surface area (Å²) < 4.78 is 0. The van der Waals surface area contributed by atoms with Gasteiger partial charge in [-0.2, -0.15) is 0 Å². The van der Waals surface area contributed by atoms with Crippen LogP contribution < -0.4 is 5.06 Å². The molecule has 2 aromatic rings. The van der Waals surface area contributed by atoms with Gasteiger partial charge in [-0.3, -0.25) is 9.82 Å². The first-order valence-corrected chi connectivity index (χ1v) is 6.37.